The van der Waals surface area contributed by atoms with Crippen molar-refractivity contribution in [3.8, 4) is 78.7 Å². The van der Waals surface area contributed by atoms with Gasteiger partial charge in [0.1, 0.15) is 22.3 Å². The summed E-state index contributed by atoms with van der Waals surface area (Å²) >= 11 is 0. The lowest BCUT2D eigenvalue weighted by Gasteiger charge is -2.09. The molecule has 0 fully saturated rings. The predicted molar refractivity (Wildman–Crippen MR) is 252 cm³/mol. The molecule has 0 atom stereocenters. The summed E-state index contributed by atoms with van der Waals surface area (Å²) < 4.78 is 68.7. The molecule has 0 radical (unpaired) electrons. The molecule has 12 aromatic rings. The Kier molecular flexibility index (Phi) is 7.05. The van der Waals surface area contributed by atoms with Crippen LogP contribution >= 0.6 is 0 Å². The number of benzene rings is 9. The van der Waals surface area contributed by atoms with Crippen molar-refractivity contribution >= 4 is 43.9 Å². The van der Waals surface area contributed by atoms with Crippen LogP contribution < -0.4 is 0 Å². The van der Waals surface area contributed by atoms with Crippen LogP contribution in [0.15, 0.2) is 221 Å². The molecule has 0 amide bonds. The maximum Gasteiger partial charge on any atom is 0.164 e. The van der Waals surface area contributed by atoms with E-state index in [1.807, 2.05) is 158 Å². The van der Waals surface area contributed by atoms with Gasteiger partial charge in [0.05, 0.1) is 8.22 Å². The van der Waals surface area contributed by atoms with Gasteiger partial charge >= 0.3 is 0 Å². The quantitative estimate of drug-likeness (QED) is 0.161. The molecule has 0 bridgehead atoms. The van der Waals surface area contributed by atoms with Gasteiger partial charge in [-0.2, -0.15) is 0 Å². The second-order valence-corrected chi connectivity index (χ2v) is 15.1. The average molecular weight is 800 g/mol. The first-order valence-electron chi connectivity index (χ1n) is 23.3. The lowest BCUT2D eigenvalue weighted by Crippen LogP contribution is -2.00. The standard InChI is InChI=1S/C57H35N3O2/c1-4-10-36(11-5-1)39-16-18-41(19-17-39)43-26-30-51-49(32-43)48-29-25-46(35-54(48)62-51)57-59-55(42-22-20-40(21-23-42)37-12-6-2-7-13-37)58-56(60-57)45-27-31-52-50(33-45)47-28-24-44(34-53(47)61-52)38-14-8-3-9-15-38/h1-35H/i25D,26D,29D,30D,32D,35D. The molecular weight excluding hydrogens is 759 g/mol. The highest BCUT2D eigenvalue weighted by Gasteiger charge is 2.17. The molecular formula is C57H35N3O2. The van der Waals surface area contributed by atoms with Gasteiger partial charge in [-0.05, 0) is 99.0 Å². The highest BCUT2D eigenvalue weighted by atomic mass is 16.3. The number of rotatable bonds is 7. The summed E-state index contributed by atoms with van der Waals surface area (Å²) in [5.41, 5.74) is 9.28. The fraction of sp³-hybridized carbons (Fsp3) is 0. The Hall–Kier alpha value is -8.41. The fourth-order valence-corrected chi connectivity index (χ4v) is 8.02. The van der Waals surface area contributed by atoms with Crippen LogP contribution in [0.2, 0.25) is 0 Å². The van der Waals surface area contributed by atoms with E-state index in [1.54, 1.807) is 0 Å². The van der Waals surface area contributed by atoms with Crippen molar-refractivity contribution in [2.24, 2.45) is 0 Å². The van der Waals surface area contributed by atoms with Crippen molar-refractivity contribution in [1.82, 2.24) is 15.0 Å². The lowest BCUT2D eigenvalue weighted by atomic mass is 9.99. The van der Waals surface area contributed by atoms with Crippen LogP contribution in [0.5, 0.6) is 0 Å². The summed E-state index contributed by atoms with van der Waals surface area (Å²) in [6.07, 6.45) is 0. The van der Waals surface area contributed by atoms with Crippen LogP contribution in [-0.4, -0.2) is 15.0 Å². The summed E-state index contributed by atoms with van der Waals surface area (Å²) in [5, 5.41) is 1.89. The Morgan fingerprint density at radius 2 is 0.758 bits per heavy atom. The molecule has 0 aliphatic carbocycles. The van der Waals surface area contributed by atoms with Crippen LogP contribution in [0.1, 0.15) is 8.22 Å². The minimum atomic E-state index is -0.354. The van der Waals surface area contributed by atoms with Gasteiger partial charge in [0.25, 0.3) is 0 Å². The molecule has 5 nitrogen and oxygen atoms in total. The highest BCUT2D eigenvalue weighted by Crippen LogP contribution is 2.38. The third-order valence-electron chi connectivity index (χ3n) is 11.2. The van der Waals surface area contributed by atoms with Gasteiger partial charge in [-0.25, -0.2) is 15.0 Å². The molecule has 0 saturated carbocycles. The van der Waals surface area contributed by atoms with Crippen molar-refractivity contribution < 1.29 is 17.1 Å². The molecule has 290 valence electrons. The number of aromatic nitrogens is 3. The second kappa shape index (κ2) is 14.7. The van der Waals surface area contributed by atoms with E-state index in [1.165, 1.54) is 0 Å². The van der Waals surface area contributed by atoms with E-state index < -0.39 is 0 Å². The summed E-state index contributed by atoms with van der Waals surface area (Å²) in [6.45, 7) is 0. The topological polar surface area (TPSA) is 65.0 Å². The number of furan rings is 2. The van der Waals surface area contributed by atoms with Crippen LogP contribution in [-0.2, 0) is 0 Å². The molecule has 3 aromatic heterocycles. The second-order valence-electron chi connectivity index (χ2n) is 15.1. The zero-order chi connectivity index (χ0) is 46.2. The third-order valence-corrected chi connectivity index (χ3v) is 11.2. The Morgan fingerprint density at radius 3 is 1.40 bits per heavy atom. The van der Waals surface area contributed by atoms with Gasteiger partial charge in [0.15, 0.2) is 17.5 Å². The predicted octanol–water partition coefficient (Wildman–Crippen LogP) is 15.3. The van der Waals surface area contributed by atoms with E-state index in [4.69, 9.17) is 26.5 Å². The first-order valence-corrected chi connectivity index (χ1v) is 20.3. The molecule has 5 heteroatoms. The van der Waals surface area contributed by atoms with E-state index >= 15 is 0 Å². The van der Waals surface area contributed by atoms with Gasteiger partial charge in [-0.1, -0.05) is 158 Å². The van der Waals surface area contributed by atoms with Crippen molar-refractivity contribution in [3.05, 3.63) is 212 Å². The Morgan fingerprint density at radius 1 is 0.274 bits per heavy atom. The van der Waals surface area contributed by atoms with Crippen molar-refractivity contribution in [2.75, 3.05) is 0 Å². The monoisotopic (exact) mass is 799 g/mol. The minimum absolute atomic E-state index is 0.0230. The zero-order valence-corrected chi connectivity index (χ0v) is 32.9. The van der Waals surface area contributed by atoms with Gasteiger partial charge < -0.3 is 8.83 Å². The number of hydrogen-bond donors (Lipinski definition) is 0. The Labute approximate surface area is 365 Å². The molecule has 12 rings (SSSR count). The molecule has 3 heterocycles. The van der Waals surface area contributed by atoms with Crippen molar-refractivity contribution in [1.29, 1.82) is 0 Å². The molecule has 0 saturated heterocycles. The highest BCUT2D eigenvalue weighted by molar-refractivity contribution is 6.08. The lowest BCUT2D eigenvalue weighted by molar-refractivity contribution is 0.668. The summed E-state index contributed by atoms with van der Waals surface area (Å²) in [7, 11) is 0. The van der Waals surface area contributed by atoms with E-state index in [0.29, 0.717) is 22.3 Å². The molecule has 62 heavy (non-hydrogen) atoms. The first kappa shape index (κ1) is 29.7. The van der Waals surface area contributed by atoms with Crippen LogP contribution in [0, 0.1) is 0 Å². The molecule has 0 unspecified atom stereocenters. The largest absolute Gasteiger partial charge is 0.456 e. The normalized spacial score (nSPS) is 12.9. The van der Waals surface area contributed by atoms with E-state index in [-0.39, 0.29) is 86.8 Å². The zero-order valence-electron chi connectivity index (χ0n) is 38.9. The van der Waals surface area contributed by atoms with E-state index in [9.17, 15) is 5.48 Å². The Balaban J connectivity index is 1.02. The first-order chi connectivity index (χ1) is 33.2. The van der Waals surface area contributed by atoms with Crippen molar-refractivity contribution in [3.63, 3.8) is 0 Å². The molecule has 0 N–H and O–H groups in total. The minimum Gasteiger partial charge on any atom is -0.456 e. The average Bonchev–Trinajstić information content (AvgIpc) is 3.98. The van der Waals surface area contributed by atoms with Crippen LogP contribution in [0.4, 0.5) is 0 Å². The van der Waals surface area contributed by atoms with Crippen LogP contribution in [0.3, 0.4) is 0 Å². The van der Waals surface area contributed by atoms with E-state index in [2.05, 4.69) is 18.2 Å². The van der Waals surface area contributed by atoms with Crippen LogP contribution in [0.25, 0.3) is 123 Å². The number of fused-ring (bicyclic) bond motifs is 6. The number of nitrogens with zero attached hydrogens (tertiary/aromatic N) is 3. The molecule has 0 aliphatic heterocycles. The molecule has 0 spiro atoms. The Bertz CT molecular complexity index is 3950. The van der Waals surface area contributed by atoms with Gasteiger partial charge in [0.2, 0.25) is 0 Å². The SMILES string of the molecule is [2H]c1c(-c2ccc(-c3ccccc3)cc2)c([2H])c2c(oc3c([2H])c(-c4nc(-c5ccc(-c6ccccc6)cc5)nc(-c5ccc6oc7cc(-c8ccccc8)ccc7c6c5)n4)c([2H])c([2H])c32)c1[2H]. The van der Waals surface area contributed by atoms with Gasteiger partial charge in [-0.15, -0.1) is 0 Å². The molecule has 0 aliphatic rings. The summed E-state index contributed by atoms with van der Waals surface area (Å²) in [6, 6.07) is 55.4. The summed E-state index contributed by atoms with van der Waals surface area (Å²) in [4.78, 5) is 14.8. The van der Waals surface area contributed by atoms with Gasteiger partial charge in [0, 0.05) is 38.2 Å². The summed E-state index contributed by atoms with van der Waals surface area (Å²) in [5.74, 6) is 0.533. The van der Waals surface area contributed by atoms with Gasteiger partial charge in [-0.3, -0.25) is 0 Å². The smallest absolute Gasteiger partial charge is 0.164 e. The molecule has 9 aromatic carbocycles. The maximum absolute atomic E-state index is 9.62. The number of hydrogen-bond acceptors (Lipinski definition) is 5. The van der Waals surface area contributed by atoms with Crippen molar-refractivity contribution in [2.45, 2.75) is 0 Å². The third kappa shape index (κ3) is 6.40. The van der Waals surface area contributed by atoms with E-state index in [0.717, 1.165) is 49.7 Å². The fourth-order valence-electron chi connectivity index (χ4n) is 8.02. The maximum atomic E-state index is 9.62.